The maximum atomic E-state index is 2.48. The van der Waals surface area contributed by atoms with Gasteiger partial charge in [-0.15, -0.1) is 0 Å². The Kier molecular flexibility index (Phi) is 6.47. The summed E-state index contributed by atoms with van der Waals surface area (Å²) in [6.07, 6.45) is 10.1. The number of likely N-dealkylation sites (N-methyl/N-ethyl adjacent to an activating group) is 1. The Labute approximate surface area is 135 Å². The van der Waals surface area contributed by atoms with Crippen molar-refractivity contribution in [2.75, 3.05) is 19.6 Å². The molecule has 22 heavy (non-hydrogen) atoms. The van der Waals surface area contributed by atoms with E-state index in [4.69, 9.17) is 0 Å². The molecule has 1 aromatic carbocycles. The van der Waals surface area contributed by atoms with E-state index in [1.165, 1.54) is 16.8 Å². The molecule has 1 aliphatic heterocycles. The van der Waals surface area contributed by atoms with Gasteiger partial charge in [0.25, 0.3) is 0 Å². The van der Waals surface area contributed by atoms with Gasteiger partial charge < -0.3 is 4.90 Å². The molecule has 0 aliphatic carbocycles. The summed E-state index contributed by atoms with van der Waals surface area (Å²) in [6.45, 7) is 10.8. The van der Waals surface area contributed by atoms with Gasteiger partial charge >= 0.3 is 0 Å². The summed E-state index contributed by atoms with van der Waals surface area (Å²) >= 11 is 0. The third-order valence-corrected chi connectivity index (χ3v) is 4.25. The minimum Gasteiger partial charge on any atom is -0.347 e. The van der Waals surface area contributed by atoms with Gasteiger partial charge in [0.15, 0.2) is 0 Å². The van der Waals surface area contributed by atoms with E-state index in [0.29, 0.717) is 0 Å². The number of rotatable bonds is 6. The van der Waals surface area contributed by atoms with Crippen molar-refractivity contribution >= 4 is 0 Å². The fourth-order valence-electron chi connectivity index (χ4n) is 2.58. The van der Waals surface area contributed by atoms with E-state index in [1.54, 1.807) is 0 Å². The lowest BCUT2D eigenvalue weighted by Gasteiger charge is -2.31. The Balaban J connectivity index is 2.14. The zero-order valence-electron chi connectivity index (χ0n) is 14.1. The molecular formula is C20H28N2. The summed E-state index contributed by atoms with van der Waals surface area (Å²) in [5.41, 5.74) is 4.09. The predicted octanol–water partition coefficient (Wildman–Crippen LogP) is 4.58. The first-order chi connectivity index (χ1) is 10.7. The lowest BCUT2D eigenvalue weighted by Crippen LogP contribution is -2.32. The van der Waals surface area contributed by atoms with Crippen LogP contribution < -0.4 is 0 Å². The van der Waals surface area contributed by atoms with E-state index < -0.39 is 0 Å². The number of hydrogen-bond acceptors (Lipinski definition) is 2. The van der Waals surface area contributed by atoms with E-state index in [2.05, 4.69) is 85.3 Å². The Morgan fingerprint density at radius 3 is 2.64 bits per heavy atom. The van der Waals surface area contributed by atoms with Crippen LogP contribution in [0.1, 0.15) is 32.8 Å². The van der Waals surface area contributed by atoms with E-state index in [1.807, 2.05) is 0 Å². The summed E-state index contributed by atoms with van der Waals surface area (Å²) < 4.78 is 0. The summed E-state index contributed by atoms with van der Waals surface area (Å²) in [7, 11) is 0. The zero-order valence-corrected chi connectivity index (χ0v) is 14.1. The number of allylic oxidation sites excluding steroid dienone is 3. The molecule has 0 saturated heterocycles. The normalized spacial score (nSPS) is 16.9. The number of benzene rings is 1. The highest BCUT2D eigenvalue weighted by Crippen LogP contribution is 2.19. The fourth-order valence-corrected chi connectivity index (χ4v) is 2.58. The molecule has 0 saturated carbocycles. The molecule has 0 spiro atoms. The molecule has 2 heteroatoms. The maximum Gasteiger partial charge on any atom is 0.0472 e. The van der Waals surface area contributed by atoms with Gasteiger partial charge in [0.2, 0.25) is 0 Å². The third kappa shape index (κ3) is 4.88. The van der Waals surface area contributed by atoms with Gasteiger partial charge in [-0.1, -0.05) is 55.0 Å². The Morgan fingerprint density at radius 2 is 2.05 bits per heavy atom. The van der Waals surface area contributed by atoms with Crippen molar-refractivity contribution in [3.8, 4) is 0 Å². The molecule has 0 N–H and O–H groups in total. The van der Waals surface area contributed by atoms with E-state index in [-0.39, 0.29) is 0 Å². The van der Waals surface area contributed by atoms with Gasteiger partial charge in [-0.25, -0.2) is 0 Å². The molecular weight excluding hydrogens is 268 g/mol. The van der Waals surface area contributed by atoms with Crippen LogP contribution >= 0.6 is 0 Å². The van der Waals surface area contributed by atoms with Crippen LogP contribution in [0.2, 0.25) is 0 Å². The second-order valence-corrected chi connectivity index (χ2v) is 5.80. The molecule has 0 aromatic heterocycles. The molecule has 118 valence electrons. The highest BCUT2D eigenvalue weighted by Gasteiger charge is 2.14. The second kappa shape index (κ2) is 8.60. The average Bonchev–Trinajstić information content (AvgIpc) is 2.59. The minimum atomic E-state index is 0.937. The van der Waals surface area contributed by atoms with Gasteiger partial charge in [0.1, 0.15) is 0 Å². The molecule has 0 bridgehead atoms. The Hall–Kier alpha value is -1.80. The molecule has 1 heterocycles. The first kappa shape index (κ1) is 16.6. The van der Waals surface area contributed by atoms with Crippen molar-refractivity contribution in [1.29, 1.82) is 0 Å². The Morgan fingerprint density at radius 1 is 1.27 bits per heavy atom. The van der Waals surface area contributed by atoms with Crippen molar-refractivity contribution in [2.45, 2.75) is 33.7 Å². The van der Waals surface area contributed by atoms with Crippen LogP contribution in [0.25, 0.3) is 0 Å². The SMILES string of the molecule is C/C=C(C)/C=C/N(Cc1ccccc1)C1=CCN(CC)CC1. The molecule has 0 radical (unpaired) electrons. The number of nitrogens with zero attached hydrogens (tertiary/aromatic N) is 2. The monoisotopic (exact) mass is 296 g/mol. The van der Waals surface area contributed by atoms with Crippen LogP contribution in [0, 0.1) is 0 Å². The standard InChI is InChI=1S/C20H28N2/c1-4-18(3)11-16-22(17-19-9-7-6-8-10-19)20-12-14-21(5-2)15-13-20/h4,6-12,16H,5,13-15,17H2,1-3H3/b16-11+,18-4+. The molecule has 0 fully saturated rings. The van der Waals surface area contributed by atoms with Gasteiger partial charge in [-0.2, -0.15) is 0 Å². The largest absolute Gasteiger partial charge is 0.347 e. The zero-order chi connectivity index (χ0) is 15.8. The first-order valence-corrected chi connectivity index (χ1v) is 8.26. The molecule has 0 amide bonds. The van der Waals surface area contributed by atoms with Gasteiger partial charge in [-0.05, 0) is 32.0 Å². The summed E-state index contributed by atoms with van der Waals surface area (Å²) in [6, 6.07) is 10.7. The summed E-state index contributed by atoms with van der Waals surface area (Å²) in [5, 5.41) is 0. The summed E-state index contributed by atoms with van der Waals surface area (Å²) in [5.74, 6) is 0. The maximum absolute atomic E-state index is 2.48. The topological polar surface area (TPSA) is 6.48 Å². The quantitative estimate of drug-likeness (QED) is 0.709. The van der Waals surface area contributed by atoms with Crippen molar-refractivity contribution < 1.29 is 0 Å². The molecule has 0 unspecified atom stereocenters. The first-order valence-electron chi connectivity index (χ1n) is 8.26. The molecule has 1 aliphatic rings. The van der Waals surface area contributed by atoms with E-state index in [0.717, 1.165) is 32.6 Å². The molecule has 1 aromatic rings. The average molecular weight is 296 g/mol. The number of hydrogen-bond donors (Lipinski definition) is 0. The van der Waals surface area contributed by atoms with Crippen LogP contribution in [0.3, 0.4) is 0 Å². The van der Waals surface area contributed by atoms with Crippen LogP contribution in [0.4, 0.5) is 0 Å². The highest BCUT2D eigenvalue weighted by molar-refractivity contribution is 5.21. The van der Waals surface area contributed by atoms with Crippen molar-refractivity contribution in [3.63, 3.8) is 0 Å². The Bertz CT molecular complexity index is 540. The fraction of sp³-hybridized carbons (Fsp3) is 0.400. The van der Waals surface area contributed by atoms with Crippen molar-refractivity contribution in [2.24, 2.45) is 0 Å². The van der Waals surface area contributed by atoms with Gasteiger partial charge in [-0.3, -0.25) is 4.90 Å². The van der Waals surface area contributed by atoms with Crippen LogP contribution in [0.15, 0.2) is 66.0 Å². The molecule has 2 rings (SSSR count). The highest BCUT2D eigenvalue weighted by atomic mass is 15.2. The smallest absolute Gasteiger partial charge is 0.0472 e. The van der Waals surface area contributed by atoms with E-state index >= 15 is 0 Å². The second-order valence-electron chi connectivity index (χ2n) is 5.80. The minimum absolute atomic E-state index is 0.937. The molecule has 2 nitrogen and oxygen atoms in total. The van der Waals surface area contributed by atoms with Crippen molar-refractivity contribution in [1.82, 2.24) is 9.80 Å². The van der Waals surface area contributed by atoms with Gasteiger partial charge in [0.05, 0.1) is 0 Å². The van der Waals surface area contributed by atoms with Crippen molar-refractivity contribution in [3.05, 3.63) is 71.6 Å². The van der Waals surface area contributed by atoms with Crippen LogP contribution in [-0.2, 0) is 6.54 Å². The predicted molar refractivity (Wildman–Crippen MR) is 95.4 cm³/mol. The summed E-state index contributed by atoms with van der Waals surface area (Å²) in [4.78, 5) is 4.88. The lowest BCUT2D eigenvalue weighted by molar-refractivity contribution is 0.285. The van der Waals surface area contributed by atoms with Crippen LogP contribution in [-0.4, -0.2) is 29.4 Å². The lowest BCUT2D eigenvalue weighted by atomic mass is 10.1. The van der Waals surface area contributed by atoms with Gasteiger partial charge in [0, 0.05) is 38.0 Å². The van der Waals surface area contributed by atoms with Crippen LogP contribution in [0.5, 0.6) is 0 Å². The molecule has 0 atom stereocenters. The van der Waals surface area contributed by atoms with E-state index in [9.17, 15) is 0 Å². The third-order valence-electron chi connectivity index (χ3n) is 4.25.